The quantitative estimate of drug-likeness (QED) is 0.336. The molecule has 0 aliphatic rings. The number of carbonyl (C=O) groups is 4. The third-order valence-electron chi connectivity index (χ3n) is 4.49. The summed E-state index contributed by atoms with van der Waals surface area (Å²) in [7, 11) is 2.50. The summed E-state index contributed by atoms with van der Waals surface area (Å²) in [5.41, 5.74) is 1.23. The molecule has 0 bridgehead atoms. The first-order valence-corrected chi connectivity index (χ1v) is 9.70. The predicted octanol–water partition coefficient (Wildman–Crippen LogP) is 2.84. The second-order valence-corrected chi connectivity index (χ2v) is 6.54. The van der Waals surface area contributed by atoms with Gasteiger partial charge < -0.3 is 18.9 Å². The summed E-state index contributed by atoms with van der Waals surface area (Å²) in [6.45, 7) is -0.641. The lowest BCUT2D eigenvalue weighted by molar-refractivity contribution is 0.0518. The Morgan fingerprint density at radius 2 is 0.853 bits per heavy atom. The molecule has 0 aliphatic carbocycles. The summed E-state index contributed by atoms with van der Waals surface area (Å²) < 4.78 is 19.6. The number of carbonyl (C=O) groups excluding carboxylic acids is 4. The second-order valence-electron chi connectivity index (χ2n) is 6.54. The van der Waals surface area contributed by atoms with Crippen LogP contribution in [0, 0.1) is 24.7 Å². The van der Waals surface area contributed by atoms with Gasteiger partial charge >= 0.3 is 23.9 Å². The number of ether oxygens (including phenoxy) is 4. The van der Waals surface area contributed by atoms with Gasteiger partial charge in [0.1, 0.15) is 13.2 Å². The maximum atomic E-state index is 12.3. The molecule has 8 heteroatoms. The third kappa shape index (κ3) is 6.59. The van der Waals surface area contributed by atoms with Gasteiger partial charge in [0.05, 0.1) is 47.6 Å². The maximum absolute atomic E-state index is 12.3. The first-order valence-electron chi connectivity index (χ1n) is 9.70. The van der Waals surface area contributed by atoms with Crippen LogP contribution in [0.4, 0.5) is 0 Å². The molecule has 0 heterocycles. The first kappa shape index (κ1) is 25.4. The number of hydrogen-bond acceptors (Lipinski definition) is 8. The van der Waals surface area contributed by atoms with Gasteiger partial charge in [0.2, 0.25) is 0 Å². The molecule has 2 aromatic carbocycles. The van der Waals surface area contributed by atoms with E-state index in [-0.39, 0.29) is 46.6 Å². The molecule has 0 aromatic heterocycles. The van der Waals surface area contributed by atoms with E-state index in [0.717, 1.165) is 0 Å². The molecule has 0 atom stereocenters. The zero-order valence-electron chi connectivity index (χ0n) is 18.5. The van der Waals surface area contributed by atoms with Gasteiger partial charge in [-0.25, -0.2) is 19.2 Å². The van der Waals surface area contributed by atoms with Crippen molar-refractivity contribution in [2.45, 2.75) is 0 Å². The largest absolute Gasteiger partial charge is 0.465 e. The zero-order chi connectivity index (χ0) is 25.1. The van der Waals surface area contributed by atoms with Crippen molar-refractivity contribution >= 4 is 23.9 Å². The minimum atomic E-state index is -0.691. The molecule has 0 fully saturated rings. The number of benzene rings is 2. The van der Waals surface area contributed by atoms with Crippen molar-refractivity contribution in [3.63, 3.8) is 0 Å². The van der Waals surface area contributed by atoms with Gasteiger partial charge in [-0.3, -0.25) is 0 Å². The van der Waals surface area contributed by atoms with Crippen molar-refractivity contribution in [1.29, 1.82) is 0 Å². The van der Waals surface area contributed by atoms with Crippen LogP contribution >= 0.6 is 0 Å². The standard InChI is InChI=1S/C26H20O8/c1-5-17(15-33-25(29)21-11-7-19(8-12-21)23(27)31-3)18(6-2)16-34-26(30)22-13-9-20(10-14-22)24(28)32-4/h1-2,7-14H,15-16H2,3-4H3/b18-17+. The van der Waals surface area contributed by atoms with Crippen LogP contribution in [0.15, 0.2) is 59.7 Å². The molecule has 2 aromatic rings. The van der Waals surface area contributed by atoms with Crippen LogP contribution in [0.2, 0.25) is 0 Å². The second kappa shape index (κ2) is 12.3. The molecule has 0 aliphatic heterocycles. The molecular formula is C26H20O8. The van der Waals surface area contributed by atoms with E-state index in [2.05, 4.69) is 21.3 Å². The Kier molecular flexibility index (Phi) is 9.19. The van der Waals surface area contributed by atoms with Gasteiger partial charge in [-0.15, -0.1) is 12.8 Å². The molecule has 0 unspecified atom stereocenters. The molecule has 2 rings (SSSR count). The molecule has 0 saturated heterocycles. The number of terminal acetylenes is 2. The van der Waals surface area contributed by atoms with Crippen LogP contribution in [-0.2, 0) is 18.9 Å². The molecule has 8 nitrogen and oxygen atoms in total. The topological polar surface area (TPSA) is 105 Å². The normalized spacial score (nSPS) is 10.6. The van der Waals surface area contributed by atoms with Crippen LogP contribution in [0.3, 0.4) is 0 Å². The van der Waals surface area contributed by atoms with Crippen molar-refractivity contribution < 1.29 is 38.1 Å². The van der Waals surface area contributed by atoms with Gasteiger partial charge in [-0.2, -0.15) is 0 Å². The number of rotatable bonds is 8. The number of hydrogen-bond donors (Lipinski definition) is 0. The SMILES string of the molecule is C#C/C(COC(=O)c1ccc(C(=O)OC)cc1)=C(/C#C)COC(=O)c1ccc(C(=O)OC)cc1. The fourth-order valence-electron chi connectivity index (χ4n) is 2.59. The summed E-state index contributed by atoms with van der Waals surface area (Å²) in [5.74, 6) is 2.22. The van der Waals surface area contributed by atoms with E-state index in [1.807, 2.05) is 0 Å². The minimum absolute atomic E-state index is 0.149. The molecule has 0 radical (unpaired) electrons. The summed E-state index contributed by atoms with van der Waals surface area (Å²) in [4.78, 5) is 47.5. The lowest BCUT2D eigenvalue weighted by Crippen LogP contribution is -2.13. The Balaban J connectivity index is 2.01. The first-order chi connectivity index (χ1) is 16.3. The smallest absolute Gasteiger partial charge is 0.338 e. The van der Waals surface area contributed by atoms with Crippen molar-refractivity contribution in [2.24, 2.45) is 0 Å². The van der Waals surface area contributed by atoms with Crippen molar-refractivity contribution in [2.75, 3.05) is 27.4 Å². The highest BCUT2D eigenvalue weighted by Gasteiger charge is 2.14. The van der Waals surface area contributed by atoms with Crippen molar-refractivity contribution in [3.8, 4) is 24.7 Å². The van der Waals surface area contributed by atoms with E-state index < -0.39 is 23.9 Å². The fraction of sp³-hybridized carbons (Fsp3) is 0.154. The van der Waals surface area contributed by atoms with E-state index in [4.69, 9.17) is 22.3 Å². The number of methoxy groups -OCH3 is 2. The number of esters is 4. The average molecular weight is 460 g/mol. The highest BCUT2D eigenvalue weighted by molar-refractivity contribution is 5.94. The molecule has 0 amide bonds. The molecule has 0 spiro atoms. The zero-order valence-corrected chi connectivity index (χ0v) is 18.5. The Morgan fingerprint density at radius 1 is 0.588 bits per heavy atom. The van der Waals surface area contributed by atoms with Crippen LogP contribution < -0.4 is 0 Å². The Morgan fingerprint density at radius 3 is 1.09 bits per heavy atom. The lowest BCUT2D eigenvalue weighted by atomic mass is 10.1. The third-order valence-corrected chi connectivity index (χ3v) is 4.49. The van der Waals surface area contributed by atoms with Gasteiger partial charge in [0.25, 0.3) is 0 Å². The summed E-state index contributed by atoms with van der Waals surface area (Å²) in [6, 6.07) is 11.3. The summed E-state index contributed by atoms with van der Waals surface area (Å²) in [6.07, 6.45) is 11.0. The Labute approximate surface area is 196 Å². The van der Waals surface area contributed by atoms with Crippen LogP contribution in [-0.4, -0.2) is 51.3 Å². The Bertz CT molecular complexity index is 1090. The monoisotopic (exact) mass is 460 g/mol. The molecule has 0 N–H and O–H groups in total. The van der Waals surface area contributed by atoms with Crippen molar-refractivity contribution in [3.05, 3.63) is 81.9 Å². The average Bonchev–Trinajstić information content (AvgIpc) is 2.89. The highest BCUT2D eigenvalue weighted by Crippen LogP contribution is 2.12. The van der Waals surface area contributed by atoms with Crippen LogP contribution in [0.1, 0.15) is 41.4 Å². The van der Waals surface area contributed by atoms with Crippen LogP contribution in [0.25, 0.3) is 0 Å². The van der Waals surface area contributed by atoms with Gasteiger partial charge in [-0.1, -0.05) is 11.8 Å². The van der Waals surface area contributed by atoms with Gasteiger partial charge in [0, 0.05) is 0 Å². The highest BCUT2D eigenvalue weighted by atomic mass is 16.5. The molecular weight excluding hydrogens is 440 g/mol. The fourth-order valence-corrected chi connectivity index (χ4v) is 2.59. The van der Waals surface area contributed by atoms with E-state index in [0.29, 0.717) is 0 Å². The summed E-state index contributed by atoms with van der Waals surface area (Å²) in [5, 5.41) is 0. The Hall–Kier alpha value is -4.82. The molecule has 34 heavy (non-hydrogen) atoms. The van der Waals surface area contributed by atoms with Gasteiger partial charge in [0.15, 0.2) is 0 Å². The molecule has 0 saturated carbocycles. The van der Waals surface area contributed by atoms with E-state index >= 15 is 0 Å². The lowest BCUT2D eigenvalue weighted by Gasteiger charge is -2.09. The maximum Gasteiger partial charge on any atom is 0.338 e. The minimum Gasteiger partial charge on any atom is -0.465 e. The van der Waals surface area contributed by atoms with Crippen LogP contribution in [0.5, 0.6) is 0 Å². The van der Waals surface area contributed by atoms with Crippen molar-refractivity contribution in [1.82, 2.24) is 0 Å². The van der Waals surface area contributed by atoms with E-state index in [1.54, 1.807) is 0 Å². The predicted molar refractivity (Wildman–Crippen MR) is 121 cm³/mol. The molecule has 172 valence electrons. The van der Waals surface area contributed by atoms with E-state index in [9.17, 15) is 19.2 Å². The summed E-state index contributed by atoms with van der Waals surface area (Å²) >= 11 is 0. The van der Waals surface area contributed by atoms with Gasteiger partial charge in [-0.05, 0) is 48.5 Å². The van der Waals surface area contributed by atoms with E-state index in [1.165, 1.54) is 62.8 Å².